The highest BCUT2D eigenvalue weighted by atomic mass is 79.9. The summed E-state index contributed by atoms with van der Waals surface area (Å²) in [4.78, 5) is 0. The summed E-state index contributed by atoms with van der Waals surface area (Å²) in [6, 6.07) is 8.57. The first-order valence-corrected chi connectivity index (χ1v) is 7.09. The monoisotopic (exact) mass is 341 g/mol. The topological polar surface area (TPSA) is 12.0 Å². The lowest BCUT2D eigenvalue weighted by Crippen LogP contribution is -2.01. The van der Waals surface area contributed by atoms with Crippen LogP contribution in [0.3, 0.4) is 0 Å². The summed E-state index contributed by atoms with van der Waals surface area (Å²) in [7, 11) is 0. The van der Waals surface area contributed by atoms with E-state index in [-0.39, 0.29) is 5.82 Å². The van der Waals surface area contributed by atoms with Crippen molar-refractivity contribution in [3.8, 4) is 0 Å². The average molecular weight is 343 g/mol. The Labute approximate surface area is 125 Å². The molecule has 2 rings (SSSR count). The summed E-state index contributed by atoms with van der Waals surface area (Å²) in [5.41, 5.74) is 4.25. The number of hydrogen-bond acceptors (Lipinski definition) is 1. The van der Waals surface area contributed by atoms with Crippen molar-refractivity contribution in [1.29, 1.82) is 0 Å². The molecule has 0 aromatic heterocycles. The van der Waals surface area contributed by atoms with E-state index in [2.05, 4.69) is 33.4 Å². The number of hydrogen-bond donors (Lipinski definition) is 1. The van der Waals surface area contributed by atoms with Gasteiger partial charge in [-0.25, -0.2) is 4.39 Å². The van der Waals surface area contributed by atoms with E-state index < -0.39 is 0 Å². The first-order chi connectivity index (χ1) is 8.97. The number of halogens is 3. The summed E-state index contributed by atoms with van der Waals surface area (Å²) in [6.45, 7) is 4.67. The van der Waals surface area contributed by atoms with E-state index in [1.165, 1.54) is 23.3 Å². The highest BCUT2D eigenvalue weighted by Crippen LogP contribution is 2.26. The predicted octanol–water partition coefficient (Wildman–Crippen LogP) is 5.47. The van der Waals surface area contributed by atoms with E-state index in [4.69, 9.17) is 11.6 Å². The molecule has 0 radical (unpaired) electrons. The summed E-state index contributed by atoms with van der Waals surface area (Å²) in [5.74, 6) is -0.316. The van der Waals surface area contributed by atoms with E-state index in [1.54, 1.807) is 6.07 Å². The van der Waals surface area contributed by atoms with Gasteiger partial charge in [0.1, 0.15) is 5.82 Å². The van der Waals surface area contributed by atoms with Crippen molar-refractivity contribution < 1.29 is 4.39 Å². The maximum atomic E-state index is 13.0. The molecule has 0 heterocycles. The van der Waals surface area contributed by atoms with E-state index in [0.29, 0.717) is 11.6 Å². The van der Waals surface area contributed by atoms with Crippen LogP contribution in [-0.2, 0) is 6.54 Å². The molecule has 0 fully saturated rings. The molecule has 0 bridgehead atoms. The third kappa shape index (κ3) is 3.48. The van der Waals surface area contributed by atoms with Crippen molar-refractivity contribution in [1.82, 2.24) is 0 Å². The van der Waals surface area contributed by atoms with Gasteiger partial charge in [-0.2, -0.15) is 0 Å². The smallest absolute Gasteiger partial charge is 0.124 e. The molecular weight excluding hydrogens is 329 g/mol. The van der Waals surface area contributed by atoms with Crippen molar-refractivity contribution in [3.63, 3.8) is 0 Å². The Morgan fingerprint density at radius 3 is 2.37 bits per heavy atom. The van der Waals surface area contributed by atoms with Gasteiger partial charge in [-0.3, -0.25) is 0 Å². The molecule has 4 heteroatoms. The van der Waals surface area contributed by atoms with Gasteiger partial charge in [-0.15, -0.1) is 0 Å². The van der Waals surface area contributed by atoms with Gasteiger partial charge in [0, 0.05) is 21.7 Å². The van der Waals surface area contributed by atoms with Crippen LogP contribution in [0.5, 0.6) is 0 Å². The Balaban J connectivity index is 2.14. The second kappa shape index (κ2) is 5.93. The van der Waals surface area contributed by atoms with Crippen molar-refractivity contribution in [3.05, 3.63) is 62.3 Å². The fourth-order valence-corrected chi connectivity index (χ4v) is 2.37. The van der Waals surface area contributed by atoms with Crippen molar-refractivity contribution in [2.75, 3.05) is 5.32 Å². The molecule has 0 spiro atoms. The molecule has 0 saturated heterocycles. The number of aryl methyl sites for hydroxylation is 2. The Hall–Kier alpha value is -1.06. The Morgan fingerprint density at radius 1 is 1.16 bits per heavy atom. The quantitative estimate of drug-likeness (QED) is 0.780. The van der Waals surface area contributed by atoms with Gasteiger partial charge in [0.25, 0.3) is 0 Å². The number of nitrogens with one attached hydrogen (secondary N) is 1. The molecule has 0 saturated carbocycles. The molecule has 0 unspecified atom stereocenters. The van der Waals surface area contributed by atoms with Crippen LogP contribution in [0.25, 0.3) is 0 Å². The predicted molar refractivity (Wildman–Crippen MR) is 82.4 cm³/mol. The molecule has 2 aromatic rings. The fraction of sp³-hybridized carbons (Fsp3) is 0.200. The molecule has 100 valence electrons. The molecule has 0 atom stereocenters. The fourth-order valence-electron chi connectivity index (χ4n) is 1.91. The number of rotatable bonds is 3. The molecule has 1 N–H and O–H groups in total. The second-order valence-electron chi connectivity index (χ2n) is 4.51. The molecule has 1 nitrogen and oxygen atoms in total. The zero-order valence-corrected chi connectivity index (χ0v) is 13.1. The maximum Gasteiger partial charge on any atom is 0.124 e. The minimum absolute atomic E-state index is 0.316. The van der Waals surface area contributed by atoms with Crippen LogP contribution in [0.2, 0.25) is 5.02 Å². The second-order valence-corrected chi connectivity index (χ2v) is 5.71. The lowest BCUT2D eigenvalue weighted by atomic mass is 10.1. The number of anilines is 1. The molecule has 0 aliphatic heterocycles. The van der Waals surface area contributed by atoms with E-state index >= 15 is 0 Å². The third-order valence-corrected chi connectivity index (χ3v) is 4.54. The van der Waals surface area contributed by atoms with Crippen LogP contribution in [0.1, 0.15) is 16.7 Å². The van der Waals surface area contributed by atoms with Gasteiger partial charge in [-0.1, -0.05) is 33.6 Å². The molecule has 2 aromatic carbocycles. The Bertz CT molecular complexity index is 590. The molecule has 0 aliphatic carbocycles. The van der Waals surface area contributed by atoms with Crippen LogP contribution in [0.15, 0.2) is 34.8 Å². The van der Waals surface area contributed by atoms with Crippen LogP contribution < -0.4 is 5.32 Å². The molecule has 0 amide bonds. The van der Waals surface area contributed by atoms with Crippen molar-refractivity contribution in [2.24, 2.45) is 0 Å². The van der Waals surface area contributed by atoms with Crippen LogP contribution in [-0.4, -0.2) is 0 Å². The lowest BCUT2D eigenvalue weighted by molar-refractivity contribution is 0.627. The molecule has 19 heavy (non-hydrogen) atoms. The van der Waals surface area contributed by atoms with Gasteiger partial charge in [0.05, 0.1) is 0 Å². The van der Waals surface area contributed by atoms with Crippen LogP contribution in [0, 0.1) is 19.7 Å². The third-order valence-electron chi connectivity index (χ3n) is 2.93. The van der Waals surface area contributed by atoms with Crippen LogP contribution >= 0.6 is 27.5 Å². The van der Waals surface area contributed by atoms with Crippen molar-refractivity contribution >= 4 is 33.2 Å². The van der Waals surface area contributed by atoms with Gasteiger partial charge in [0.2, 0.25) is 0 Å². The first kappa shape index (κ1) is 14.4. The van der Waals surface area contributed by atoms with Crippen LogP contribution in [0.4, 0.5) is 10.1 Å². The summed E-state index contributed by atoms with van der Waals surface area (Å²) >= 11 is 9.53. The zero-order chi connectivity index (χ0) is 14.0. The molecular formula is C15H14BrClFN. The standard InChI is InChI=1S/C15H14BrClFN/c1-9-5-13(6-10(2)15(9)16)19-8-11-3-4-12(18)7-14(11)17/h3-7,19H,8H2,1-2H3. The van der Waals surface area contributed by atoms with E-state index in [0.717, 1.165) is 15.7 Å². The first-order valence-electron chi connectivity index (χ1n) is 5.92. The van der Waals surface area contributed by atoms with Gasteiger partial charge < -0.3 is 5.32 Å². The van der Waals surface area contributed by atoms with Gasteiger partial charge in [0.15, 0.2) is 0 Å². The summed E-state index contributed by atoms with van der Waals surface area (Å²) in [6.07, 6.45) is 0. The minimum atomic E-state index is -0.316. The van der Waals surface area contributed by atoms with Gasteiger partial charge in [-0.05, 0) is 54.8 Å². The Kier molecular flexibility index (Phi) is 4.48. The number of benzene rings is 2. The Morgan fingerprint density at radius 2 is 1.79 bits per heavy atom. The normalized spacial score (nSPS) is 10.6. The van der Waals surface area contributed by atoms with E-state index in [9.17, 15) is 4.39 Å². The lowest BCUT2D eigenvalue weighted by Gasteiger charge is -2.11. The highest BCUT2D eigenvalue weighted by molar-refractivity contribution is 9.10. The summed E-state index contributed by atoms with van der Waals surface area (Å²) < 4.78 is 14.1. The van der Waals surface area contributed by atoms with E-state index in [1.807, 2.05) is 13.8 Å². The largest absolute Gasteiger partial charge is 0.381 e. The SMILES string of the molecule is Cc1cc(NCc2ccc(F)cc2Cl)cc(C)c1Br. The summed E-state index contributed by atoms with van der Waals surface area (Å²) in [5, 5.41) is 3.75. The minimum Gasteiger partial charge on any atom is -0.381 e. The maximum absolute atomic E-state index is 13.0. The highest BCUT2D eigenvalue weighted by Gasteiger charge is 2.04. The zero-order valence-electron chi connectivity index (χ0n) is 10.7. The van der Waals surface area contributed by atoms with Crippen molar-refractivity contribution in [2.45, 2.75) is 20.4 Å². The molecule has 0 aliphatic rings. The average Bonchev–Trinajstić information content (AvgIpc) is 2.34. The van der Waals surface area contributed by atoms with Gasteiger partial charge >= 0.3 is 0 Å².